The van der Waals surface area contributed by atoms with Crippen LogP contribution in [-0.4, -0.2) is 11.8 Å². The van der Waals surface area contributed by atoms with Gasteiger partial charge in [0.1, 0.15) is 5.82 Å². The Morgan fingerprint density at radius 2 is 1.90 bits per heavy atom. The second-order valence-corrected chi connectivity index (χ2v) is 4.47. The second kappa shape index (κ2) is 5.16. The Morgan fingerprint density at radius 3 is 2.71 bits per heavy atom. The summed E-state index contributed by atoms with van der Waals surface area (Å²) in [6.45, 7) is 0.520. The SMILES string of the molecule is FC(F)(F)c1ccnc(NCc2ccc3c(c2)OCO3)c1. The molecule has 21 heavy (non-hydrogen) atoms. The van der Waals surface area contributed by atoms with Gasteiger partial charge in [-0.2, -0.15) is 13.2 Å². The molecule has 0 bridgehead atoms. The lowest BCUT2D eigenvalue weighted by molar-refractivity contribution is -0.137. The number of alkyl halides is 3. The summed E-state index contributed by atoms with van der Waals surface area (Å²) in [5, 5.41) is 2.86. The maximum Gasteiger partial charge on any atom is 0.416 e. The van der Waals surface area contributed by atoms with Crippen LogP contribution in [0.15, 0.2) is 36.5 Å². The van der Waals surface area contributed by atoms with Crippen molar-refractivity contribution in [2.45, 2.75) is 12.7 Å². The summed E-state index contributed by atoms with van der Waals surface area (Å²) in [7, 11) is 0. The zero-order valence-electron chi connectivity index (χ0n) is 10.8. The summed E-state index contributed by atoms with van der Waals surface area (Å²) in [5.41, 5.74) is 0.129. The monoisotopic (exact) mass is 296 g/mol. The fraction of sp³-hybridized carbons (Fsp3) is 0.214. The Balaban J connectivity index is 1.70. The van der Waals surface area contributed by atoms with Gasteiger partial charge in [0.2, 0.25) is 6.79 Å². The number of ether oxygens (including phenoxy) is 2. The van der Waals surface area contributed by atoms with E-state index in [-0.39, 0.29) is 12.6 Å². The molecule has 0 amide bonds. The highest BCUT2D eigenvalue weighted by molar-refractivity contribution is 5.46. The number of pyridine rings is 1. The number of benzene rings is 1. The largest absolute Gasteiger partial charge is 0.454 e. The normalized spacial score (nSPS) is 13.3. The van der Waals surface area contributed by atoms with Crippen LogP contribution in [0.5, 0.6) is 11.5 Å². The van der Waals surface area contributed by atoms with Gasteiger partial charge in [0.25, 0.3) is 0 Å². The Morgan fingerprint density at radius 1 is 1.10 bits per heavy atom. The van der Waals surface area contributed by atoms with Gasteiger partial charge in [0, 0.05) is 12.7 Å². The molecule has 2 aromatic rings. The van der Waals surface area contributed by atoms with Crippen molar-refractivity contribution in [3.8, 4) is 11.5 Å². The van der Waals surface area contributed by atoms with Crippen LogP contribution in [-0.2, 0) is 12.7 Å². The molecule has 1 aromatic carbocycles. The maximum atomic E-state index is 12.6. The van der Waals surface area contributed by atoms with Crippen molar-refractivity contribution in [1.82, 2.24) is 4.98 Å². The molecular formula is C14H11F3N2O2. The number of hydrogen-bond donors (Lipinski definition) is 1. The third-order valence-electron chi connectivity index (χ3n) is 3.00. The van der Waals surface area contributed by atoms with Crippen molar-refractivity contribution in [3.05, 3.63) is 47.7 Å². The molecule has 1 aromatic heterocycles. The molecule has 0 spiro atoms. The number of hydrogen-bond acceptors (Lipinski definition) is 4. The smallest absolute Gasteiger partial charge is 0.416 e. The van der Waals surface area contributed by atoms with Crippen LogP contribution in [0.25, 0.3) is 0 Å². The third kappa shape index (κ3) is 3.01. The van der Waals surface area contributed by atoms with E-state index in [0.717, 1.165) is 23.9 Å². The van der Waals surface area contributed by atoms with Crippen LogP contribution in [0.4, 0.5) is 19.0 Å². The van der Waals surface area contributed by atoms with Gasteiger partial charge < -0.3 is 14.8 Å². The Labute approximate surface area is 118 Å². The summed E-state index contributed by atoms with van der Waals surface area (Å²) >= 11 is 0. The molecule has 110 valence electrons. The molecule has 2 heterocycles. The Bertz CT molecular complexity index is 659. The van der Waals surface area contributed by atoms with E-state index < -0.39 is 11.7 Å². The van der Waals surface area contributed by atoms with Crippen LogP contribution in [0.2, 0.25) is 0 Å². The molecule has 0 atom stereocenters. The first-order valence-electron chi connectivity index (χ1n) is 6.18. The number of anilines is 1. The first kappa shape index (κ1) is 13.5. The summed E-state index contributed by atoms with van der Waals surface area (Å²) in [5.74, 6) is 1.46. The highest BCUT2D eigenvalue weighted by atomic mass is 19.4. The standard InChI is InChI=1S/C14H11F3N2O2/c15-14(16,17)10-3-4-18-13(6-10)19-7-9-1-2-11-12(5-9)21-8-20-11/h1-6H,7-8H2,(H,18,19). The molecule has 0 fully saturated rings. The average molecular weight is 296 g/mol. The van der Waals surface area contributed by atoms with Gasteiger partial charge in [-0.15, -0.1) is 0 Å². The van der Waals surface area contributed by atoms with E-state index in [1.165, 1.54) is 0 Å². The molecule has 1 aliphatic rings. The highest BCUT2D eigenvalue weighted by Crippen LogP contribution is 2.33. The molecule has 1 N–H and O–H groups in total. The van der Waals surface area contributed by atoms with Gasteiger partial charge in [0.05, 0.1) is 5.56 Å². The topological polar surface area (TPSA) is 43.4 Å². The Hall–Kier alpha value is -2.44. The maximum absolute atomic E-state index is 12.6. The first-order valence-corrected chi connectivity index (χ1v) is 6.18. The van der Waals surface area contributed by atoms with Gasteiger partial charge in [-0.05, 0) is 29.8 Å². The van der Waals surface area contributed by atoms with Gasteiger partial charge in [0.15, 0.2) is 11.5 Å². The average Bonchev–Trinajstić information content (AvgIpc) is 2.92. The molecule has 0 saturated heterocycles. The predicted octanol–water partition coefficient (Wildman–Crippen LogP) is 3.44. The third-order valence-corrected chi connectivity index (χ3v) is 3.00. The van der Waals surface area contributed by atoms with Gasteiger partial charge in [-0.3, -0.25) is 0 Å². The fourth-order valence-corrected chi connectivity index (χ4v) is 1.95. The van der Waals surface area contributed by atoms with Gasteiger partial charge >= 0.3 is 6.18 Å². The van der Waals surface area contributed by atoms with E-state index in [0.29, 0.717) is 18.0 Å². The van der Waals surface area contributed by atoms with Crippen molar-refractivity contribution in [2.75, 3.05) is 12.1 Å². The lowest BCUT2D eigenvalue weighted by Gasteiger charge is -2.10. The summed E-state index contributed by atoms with van der Waals surface area (Å²) in [6.07, 6.45) is -3.25. The number of aromatic nitrogens is 1. The van der Waals surface area contributed by atoms with Crippen molar-refractivity contribution < 1.29 is 22.6 Å². The van der Waals surface area contributed by atoms with E-state index >= 15 is 0 Å². The molecule has 0 unspecified atom stereocenters. The molecule has 0 radical (unpaired) electrons. The van der Waals surface area contributed by atoms with Crippen LogP contribution in [0.3, 0.4) is 0 Å². The lowest BCUT2D eigenvalue weighted by atomic mass is 10.2. The quantitative estimate of drug-likeness (QED) is 0.942. The second-order valence-electron chi connectivity index (χ2n) is 4.47. The van der Waals surface area contributed by atoms with Crippen molar-refractivity contribution in [3.63, 3.8) is 0 Å². The molecule has 0 saturated carbocycles. The van der Waals surface area contributed by atoms with E-state index in [1.807, 2.05) is 6.07 Å². The van der Waals surface area contributed by atoms with Crippen LogP contribution >= 0.6 is 0 Å². The van der Waals surface area contributed by atoms with Gasteiger partial charge in [-0.25, -0.2) is 4.98 Å². The molecule has 1 aliphatic heterocycles. The minimum absolute atomic E-state index is 0.169. The minimum Gasteiger partial charge on any atom is -0.454 e. The van der Waals surface area contributed by atoms with Crippen molar-refractivity contribution in [2.24, 2.45) is 0 Å². The summed E-state index contributed by atoms with van der Waals surface area (Å²) in [4.78, 5) is 3.87. The Kier molecular flexibility index (Phi) is 3.32. The van der Waals surface area contributed by atoms with E-state index in [9.17, 15) is 13.2 Å². The number of nitrogens with one attached hydrogen (secondary N) is 1. The zero-order chi connectivity index (χ0) is 14.9. The summed E-state index contributed by atoms with van der Waals surface area (Å²) in [6, 6.07) is 7.27. The predicted molar refractivity (Wildman–Crippen MR) is 69.1 cm³/mol. The number of nitrogens with zero attached hydrogens (tertiary/aromatic N) is 1. The van der Waals surface area contributed by atoms with Crippen molar-refractivity contribution in [1.29, 1.82) is 0 Å². The number of fused-ring (bicyclic) bond motifs is 1. The zero-order valence-corrected chi connectivity index (χ0v) is 10.8. The highest BCUT2D eigenvalue weighted by Gasteiger charge is 2.30. The molecule has 7 heteroatoms. The summed E-state index contributed by atoms with van der Waals surface area (Å²) < 4.78 is 48.2. The van der Waals surface area contributed by atoms with Gasteiger partial charge in [-0.1, -0.05) is 6.07 Å². The lowest BCUT2D eigenvalue weighted by Crippen LogP contribution is -2.07. The molecule has 4 nitrogen and oxygen atoms in total. The number of halogens is 3. The molecule has 0 aliphatic carbocycles. The minimum atomic E-state index is -4.38. The molecule has 3 rings (SSSR count). The van der Waals surface area contributed by atoms with Crippen LogP contribution in [0.1, 0.15) is 11.1 Å². The number of rotatable bonds is 3. The van der Waals surface area contributed by atoms with E-state index in [4.69, 9.17) is 9.47 Å². The fourth-order valence-electron chi connectivity index (χ4n) is 1.95. The van der Waals surface area contributed by atoms with E-state index in [1.54, 1.807) is 12.1 Å². The first-order chi connectivity index (χ1) is 10.0. The van der Waals surface area contributed by atoms with Crippen molar-refractivity contribution >= 4 is 5.82 Å². The molecular weight excluding hydrogens is 285 g/mol. The van der Waals surface area contributed by atoms with Crippen LogP contribution < -0.4 is 14.8 Å². The van der Waals surface area contributed by atoms with Crippen LogP contribution in [0, 0.1) is 0 Å². The van der Waals surface area contributed by atoms with E-state index in [2.05, 4.69) is 10.3 Å².